The van der Waals surface area contributed by atoms with Crippen LogP contribution in [0.4, 0.5) is 0 Å². The molecule has 0 aliphatic rings. The molecule has 0 amide bonds. The molecular formula is C9H13ClN2. The van der Waals surface area contributed by atoms with Crippen molar-refractivity contribution >= 4 is 11.6 Å². The summed E-state index contributed by atoms with van der Waals surface area (Å²) in [5.74, 6) is 0.390. The fourth-order valence-corrected chi connectivity index (χ4v) is 1.20. The molecule has 0 aliphatic carbocycles. The first-order valence-corrected chi connectivity index (χ1v) is 4.54. The third-order valence-electron chi connectivity index (χ3n) is 1.74. The Morgan fingerprint density at radius 3 is 2.58 bits per heavy atom. The first-order chi connectivity index (χ1) is 5.65. The van der Waals surface area contributed by atoms with Crippen molar-refractivity contribution in [2.24, 2.45) is 0 Å². The molecule has 1 aromatic rings. The van der Waals surface area contributed by atoms with E-state index >= 15 is 0 Å². The maximum Gasteiger partial charge on any atom is 0.150 e. The zero-order chi connectivity index (χ0) is 9.14. The minimum Gasteiger partial charge on any atom is -0.256 e. The lowest BCUT2D eigenvalue weighted by Gasteiger charge is -2.05. The molecule has 0 spiro atoms. The van der Waals surface area contributed by atoms with Gasteiger partial charge in [-0.15, -0.1) is 0 Å². The molecule has 0 unspecified atom stereocenters. The number of rotatable bonds is 2. The standard InChI is InChI=1S/C9H13ClN2/c1-4-7-9(10)12-8(5-11-7)6(2)3/h5-6H,4H2,1-3H3. The van der Waals surface area contributed by atoms with Crippen LogP contribution in [0.5, 0.6) is 0 Å². The molecule has 0 aliphatic heterocycles. The van der Waals surface area contributed by atoms with Crippen molar-refractivity contribution in [3.05, 3.63) is 22.7 Å². The monoisotopic (exact) mass is 184 g/mol. The summed E-state index contributed by atoms with van der Waals surface area (Å²) in [5.41, 5.74) is 1.83. The number of hydrogen-bond donors (Lipinski definition) is 0. The van der Waals surface area contributed by atoms with Crippen molar-refractivity contribution in [1.82, 2.24) is 9.97 Å². The molecule has 0 N–H and O–H groups in total. The van der Waals surface area contributed by atoms with Crippen LogP contribution >= 0.6 is 11.6 Å². The van der Waals surface area contributed by atoms with Gasteiger partial charge < -0.3 is 0 Å². The van der Waals surface area contributed by atoms with Crippen molar-refractivity contribution in [2.75, 3.05) is 0 Å². The molecule has 1 heterocycles. The van der Waals surface area contributed by atoms with E-state index in [0.29, 0.717) is 11.1 Å². The molecule has 0 saturated carbocycles. The number of aromatic nitrogens is 2. The van der Waals surface area contributed by atoms with E-state index in [-0.39, 0.29) is 0 Å². The second-order valence-electron chi connectivity index (χ2n) is 3.04. The van der Waals surface area contributed by atoms with Gasteiger partial charge in [0.2, 0.25) is 0 Å². The molecule has 0 aromatic carbocycles. The average molecular weight is 185 g/mol. The molecule has 0 bridgehead atoms. The Morgan fingerprint density at radius 2 is 2.17 bits per heavy atom. The SMILES string of the molecule is CCc1ncc(C(C)C)nc1Cl. The maximum atomic E-state index is 5.90. The summed E-state index contributed by atoms with van der Waals surface area (Å²) in [5, 5.41) is 0.545. The Balaban J connectivity index is 3.02. The fourth-order valence-electron chi connectivity index (χ4n) is 0.919. The van der Waals surface area contributed by atoms with E-state index in [0.717, 1.165) is 17.8 Å². The van der Waals surface area contributed by atoms with Crippen LogP contribution < -0.4 is 0 Å². The van der Waals surface area contributed by atoms with E-state index in [1.54, 1.807) is 6.20 Å². The highest BCUT2D eigenvalue weighted by Crippen LogP contribution is 2.16. The van der Waals surface area contributed by atoms with Crippen molar-refractivity contribution in [1.29, 1.82) is 0 Å². The minimum absolute atomic E-state index is 0.390. The van der Waals surface area contributed by atoms with Crippen LogP contribution in [0.1, 0.15) is 38.1 Å². The molecule has 12 heavy (non-hydrogen) atoms. The van der Waals surface area contributed by atoms with E-state index in [9.17, 15) is 0 Å². The van der Waals surface area contributed by atoms with Gasteiger partial charge >= 0.3 is 0 Å². The minimum atomic E-state index is 0.390. The van der Waals surface area contributed by atoms with Crippen molar-refractivity contribution < 1.29 is 0 Å². The highest BCUT2D eigenvalue weighted by Gasteiger charge is 2.05. The number of aryl methyl sites for hydroxylation is 1. The Bertz CT molecular complexity index is 271. The van der Waals surface area contributed by atoms with E-state index in [4.69, 9.17) is 11.6 Å². The van der Waals surface area contributed by atoms with Crippen molar-refractivity contribution in [3.8, 4) is 0 Å². The number of hydrogen-bond acceptors (Lipinski definition) is 2. The first kappa shape index (κ1) is 9.46. The summed E-state index contributed by atoms with van der Waals surface area (Å²) < 4.78 is 0. The summed E-state index contributed by atoms with van der Waals surface area (Å²) in [7, 11) is 0. The maximum absolute atomic E-state index is 5.90. The molecule has 1 aromatic heterocycles. The van der Waals surface area contributed by atoms with Gasteiger partial charge in [0.25, 0.3) is 0 Å². The van der Waals surface area contributed by atoms with Crippen LogP contribution in [0.25, 0.3) is 0 Å². The summed E-state index contributed by atoms with van der Waals surface area (Å²) in [6.07, 6.45) is 2.64. The normalized spacial score (nSPS) is 10.8. The van der Waals surface area contributed by atoms with Gasteiger partial charge in [0.1, 0.15) is 0 Å². The third-order valence-corrected chi connectivity index (χ3v) is 2.05. The molecule has 0 radical (unpaired) electrons. The van der Waals surface area contributed by atoms with Crippen LogP contribution in [0, 0.1) is 0 Å². The van der Waals surface area contributed by atoms with Crippen LogP contribution in [0.2, 0.25) is 5.15 Å². The zero-order valence-corrected chi connectivity index (χ0v) is 8.39. The molecule has 66 valence electrons. The van der Waals surface area contributed by atoms with E-state index in [1.165, 1.54) is 0 Å². The van der Waals surface area contributed by atoms with Gasteiger partial charge in [-0.2, -0.15) is 0 Å². The second-order valence-corrected chi connectivity index (χ2v) is 3.40. The summed E-state index contributed by atoms with van der Waals surface area (Å²) >= 11 is 5.90. The molecule has 0 atom stereocenters. The summed E-state index contributed by atoms with van der Waals surface area (Å²) in [6, 6.07) is 0. The van der Waals surface area contributed by atoms with Gasteiger partial charge in [0, 0.05) is 6.20 Å². The summed E-state index contributed by atoms with van der Waals surface area (Å²) in [6.45, 7) is 6.17. The molecular weight excluding hydrogens is 172 g/mol. The number of nitrogens with zero attached hydrogens (tertiary/aromatic N) is 2. The Labute approximate surface area is 78.0 Å². The number of halogens is 1. The van der Waals surface area contributed by atoms with Crippen LogP contribution in [0.15, 0.2) is 6.20 Å². The topological polar surface area (TPSA) is 25.8 Å². The van der Waals surface area contributed by atoms with Gasteiger partial charge in [0.05, 0.1) is 11.4 Å². The molecule has 0 fully saturated rings. The molecule has 0 saturated heterocycles. The Kier molecular flexibility index (Phi) is 3.04. The highest BCUT2D eigenvalue weighted by molar-refractivity contribution is 6.30. The smallest absolute Gasteiger partial charge is 0.150 e. The van der Waals surface area contributed by atoms with Gasteiger partial charge in [-0.05, 0) is 12.3 Å². The van der Waals surface area contributed by atoms with Gasteiger partial charge in [-0.25, -0.2) is 4.98 Å². The highest BCUT2D eigenvalue weighted by atomic mass is 35.5. The molecule has 3 heteroatoms. The lowest BCUT2D eigenvalue weighted by atomic mass is 10.1. The van der Waals surface area contributed by atoms with Crippen LogP contribution in [-0.4, -0.2) is 9.97 Å². The lowest BCUT2D eigenvalue weighted by Crippen LogP contribution is -1.98. The molecule has 1 rings (SSSR count). The summed E-state index contributed by atoms with van der Waals surface area (Å²) in [4.78, 5) is 8.47. The largest absolute Gasteiger partial charge is 0.256 e. The average Bonchev–Trinajstić information content (AvgIpc) is 2.04. The quantitative estimate of drug-likeness (QED) is 0.707. The van der Waals surface area contributed by atoms with Gasteiger partial charge in [-0.1, -0.05) is 32.4 Å². The fraction of sp³-hybridized carbons (Fsp3) is 0.556. The predicted molar refractivity (Wildman–Crippen MR) is 50.5 cm³/mol. The van der Waals surface area contributed by atoms with Crippen LogP contribution in [-0.2, 0) is 6.42 Å². The van der Waals surface area contributed by atoms with E-state index in [2.05, 4.69) is 23.8 Å². The Morgan fingerprint density at radius 1 is 1.50 bits per heavy atom. The van der Waals surface area contributed by atoms with Gasteiger partial charge in [-0.3, -0.25) is 4.98 Å². The molecule has 2 nitrogen and oxygen atoms in total. The van der Waals surface area contributed by atoms with Crippen molar-refractivity contribution in [2.45, 2.75) is 33.1 Å². The second kappa shape index (κ2) is 3.85. The Hall–Kier alpha value is -0.630. The first-order valence-electron chi connectivity index (χ1n) is 4.16. The van der Waals surface area contributed by atoms with Gasteiger partial charge in [0.15, 0.2) is 5.15 Å². The predicted octanol–water partition coefficient (Wildman–Crippen LogP) is 2.82. The lowest BCUT2D eigenvalue weighted by molar-refractivity contribution is 0.802. The van der Waals surface area contributed by atoms with E-state index in [1.807, 2.05) is 6.92 Å². The third kappa shape index (κ3) is 1.95. The zero-order valence-electron chi connectivity index (χ0n) is 7.63. The van der Waals surface area contributed by atoms with Crippen molar-refractivity contribution in [3.63, 3.8) is 0 Å². The van der Waals surface area contributed by atoms with Crippen LogP contribution in [0.3, 0.4) is 0 Å². The van der Waals surface area contributed by atoms with E-state index < -0.39 is 0 Å².